The predicted octanol–water partition coefficient (Wildman–Crippen LogP) is 3.52. The van der Waals surface area contributed by atoms with E-state index in [4.69, 9.17) is 0 Å². The number of hydrogen-bond donors (Lipinski definition) is 1. The number of nitrogens with zero attached hydrogens (tertiary/aromatic N) is 2. The fourth-order valence-electron chi connectivity index (χ4n) is 2.86. The Labute approximate surface area is 159 Å². The molecular weight excluding hydrogens is 362 g/mol. The van der Waals surface area contributed by atoms with Crippen molar-refractivity contribution in [2.45, 2.75) is 37.5 Å². The van der Waals surface area contributed by atoms with Gasteiger partial charge >= 0.3 is 0 Å². The topological polar surface area (TPSA) is 81.1 Å². The summed E-state index contributed by atoms with van der Waals surface area (Å²) in [6.07, 6.45) is 4.13. The Bertz CT molecular complexity index is 1020. The van der Waals surface area contributed by atoms with Crippen LogP contribution >= 0.6 is 0 Å². The highest BCUT2D eigenvalue weighted by molar-refractivity contribution is 7.89. The van der Waals surface area contributed by atoms with Crippen molar-refractivity contribution < 1.29 is 13.2 Å². The highest BCUT2D eigenvalue weighted by Gasteiger charge is 2.13. The van der Waals surface area contributed by atoms with Gasteiger partial charge in [-0.15, -0.1) is 0 Å². The van der Waals surface area contributed by atoms with Crippen LogP contribution < -0.4 is 4.72 Å². The second-order valence-electron chi connectivity index (χ2n) is 6.52. The molecule has 0 atom stereocenters. The molecule has 0 aliphatic heterocycles. The molecule has 3 aromatic rings. The maximum atomic E-state index is 12.3. The third-order valence-corrected chi connectivity index (χ3v) is 5.89. The Morgan fingerprint density at radius 2 is 1.78 bits per heavy atom. The van der Waals surface area contributed by atoms with Crippen LogP contribution in [0, 0.1) is 6.92 Å². The van der Waals surface area contributed by atoms with Gasteiger partial charge in [0, 0.05) is 13.0 Å². The highest BCUT2D eigenvalue weighted by Crippen LogP contribution is 2.14. The summed E-state index contributed by atoms with van der Waals surface area (Å²) >= 11 is 0. The SMILES string of the molecule is Cc1ccc(S(=O)(=O)NCCCCCC(=O)n2cnc3ccccc32)cc1. The third-order valence-electron chi connectivity index (χ3n) is 4.41. The Morgan fingerprint density at radius 3 is 2.56 bits per heavy atom. The average Bonchev–Trinajstić information content (AvgIpc) is 3.09. The van der Waals surface area contributed by atoms with Gasteiger partial charge < -0.3 is 0 Å². The van der Waals surface area contributed by atoms with E-state index in [1.807, 2.05) is 31.2 Å². The van der Waals surface area contributed by atoms with Crippen LogP contribution in [0.1, 0.15) is 36.0 Å². The van der Waals surface area contributed by atoms with Gasteiger partial charge in [-0.05, 0) is 44.0 Å². The molecule has 2 aromatic carbocycles. The fourth-order valence-corrected chi connectivity index (χ4v) is 3.94. The quantitative estimate of drug-likeness (QED) is 0.602. The molecule has 3 rings (SSSR count). The number of aromatic nitrogens is 2. The molecule has 0 spiro atoms. The van der Waals surface area contributed by atoms with Crippen LogP contribution in [0.3, 0.4) is 0 Å². The maximum Gasteiger partial charge on any atom is 0.240 e. The number of aryl methyl sites for hydroxylation is 1. The maximum absolute atomic E-state index is 12.3. The van der Waals surface area contributed by atoms with E-state index >= 15 is 0 Å². The standard InChI is InChI=1S/C20H23N3O3S/c1-16-10-12-17(13-11-16)27(25,26)22-14-6-2-3-9-20(24)23-15-21-18-7-4-5-8-19(18)23/h4-5,7-8,10-13,15,22H,2-3,6,9,14H2,1H3. The van der Waals surface area contributed by atoms with Gasteiger partial charge in [-0.1, -0.05) is 36.2 Å². The zero-order valence-corrected chi connectivity index (χ0v) is 16.1. The first-order valence-electron chi connectivity index (χ1n) is 8.99. The Morgan fingerprint density at radius 1 is 1.04 bits per heavy atom. The van der Waals surface area contributed by atoms with Crippen LogP contribution in [0.25, 0.3) is 11.0 Å². The van der Waals surface area contributed by atoms with E-state index < -0.39 is 10.0 Å². The largest absolute Gasteiger partial charge is 0.274 e. The molecule has 1 heterocycles. The molecule has 0 aliphatic rings. The lowest BCUT2D eigenvalue weighted by atomic mass is 10.2. The number of para-hydroxylation sites is 2. The smallest absolute Gasteiger partial charge is 0.240 e. The number of carbonyl (C=O) groups is 1. The van der Waals surface area contributed by atoms with Gasteiger partial charge in [0.05, 0.1) is 15.9 Å². The molecule has 0 fully saturated rings. The number of fused-ring (bicyclic) bond motifs is 1. The van der Waals surface area contributed by atoms with Gasteiger partial charge in [0.1, 0.15) is 6.33 Å². The summed E-state index contributed by atoms with van der Waals surface area (Å²) in [5.74, 6) is 0.00364. The number of unbranched alkanes of at least 4 members (excludes halogenated alkanes) is 2. The van der Waals surface area contributed by atoms with Crippen LogP contribution in [0.15, 0.2) is 59.8 Å². The van der Waals surface area contributed by atoms with Crippen LogP contribution in [0.4, 0.5) is 0 Å². The lowest BCUT2D eigenvalue weighted by Crippen LogP contribution is -2.24. The van der Waals surface area contributed by atoms with Crippen LogP contribution in [-0.4, -0.2) is 30.4 Å². The molecule has 27 heavy (non-hydrogen) atoms. The molecule has 1 aromatic heterocycles. The van der Waals surface area contributed by atoms with E-state index in [-0.39, 0.29) is 10.8 Å². The molecule has 0 saturated carbocycles. The predicted molar refractivity (Wildman–Crippen MR) is 105 cm³/mol. The van der Waals surface area contributed by atoms with Crippen molar-refractivity contribution in [1.82, 2.24) is 14.3 Å². The monoisotopic (exact) mass is 385 g/mol. The van der Waals surface area contributed by atoms with E-state index in [1.54, 1.807) is 35.2 Å². The van der Waals surface area contributed by atoms with Crippen molar-refractivity contribution in [3.05, 3.63) is 60.4 Å². The average molecular weight is 385 g/mol. The van der Waals surface area contributed by atoms with Crippen molar-refractivity contribution in [2.24, 2.45) is 0 Å². The normalized spacial score (nSPS) is 11.7. The fraction of sp³-hybridized carbons (Fsp3) is 0.300. The number of imidazole rings is 1. The van der Waals surface area contributed by atoms with Crippen LogP contribution in [0.5, 0.6) is 0 Å². The second-order valence-corrected chi connectivity index (χ2v) is 8.29. The second kappa shape index (κ2) is 8.45. The lowest BCUT2D eigenvalue weighted by Gasteiger charge is -2.07. The van der Waals surface area contributed by atoms with Crippen molar-refractivity contribution in [3.8, 4) is 0 Å². The van der Waals surface area contributed by atoms with Crippen molar-refractivity contribution >= 4 is 27.0 Å². The Balaban J connectivity index is 1.41. The molecule has 7 heteroatoms. The van der Waals surface area contributed by atoms with Crippen molar-refractivity contribution in [1.29, 1.82) is 0 Å². The number of hydrogen-bond acceptors (Lipinski definition) is 4. The Kier molecular flexibility index (Phi) is 6.03. The molecule has 0 bridgehead atoms. The minimum Gasteiger partial charge on any atom is -0.274 e. The molecule has 0 amide bonds. The summed E-state index contributed by atoms with van der Waals surface area (Å²) in [5, 5.41) is 0. The first kappa shape index (κ1) is 19.3. The highest BCUT2D eigenvalue weighted by atomic mass is 32.2. The van der Waals surface area contributed by atoms with Gasteiger partial charge in [-0.25, -0.2) is 18.1 Å². The van der Waals surface area contributed by atoms with Crippen molar-refractivity contribution in [2.75, 3.05) is 6.54 Å². The minimum absolute atomic E-state index is 0.00364. The molecule has 0 radical (unpaired) electrons. The summed E-state index contributed by atoms with van der Waals surface area (Å²) < 4.78 is 28.6. The van der Waals surface area contributed by atoms with E-state index in [0.29, 0.717) is 25.8 Å². The van der Waals surface area contributed by atoms with E-state index in [0.717, 1.165) is 23.0 Å². The molecule has 6 nitrogen and oxygen atoms in total. The lowest BCUT2D eigenvalue weighted by molar-refractivity contribution is 0.0903. The zero-order chi connectivity index (χ0) is 19.3. The van der Waals surface area contributed by atoms with Crippen molar-refractivity contribution in [3.63, 3.8) is 0 Å². The summed E-state index contributed by atoms with van der Waals surface area (Å²) in [7, 11) is -3.47. The minimum atomic E-state index is -3.47. The van der Waals surface area contributed by atoms with Gasteiger partial charge in [0.2, 0.25) is 15.9 Å². The van der Waals surface area contributed by atoms with E-state index in [2.05, 4.69) is 9.71 Å². The van der Waals surface area contributed by atoms with E-state index in [9.17, 15) is 13.2 Å². The van der Waals surface area contributed by atoms with Gasteiger partial charge in [-0.3, -0.25) is 9.36 Å². The van der Waals surface area contributed by atoms with E-state index in [1.165, 1.54) is 0 Å². The summed E-state index contributed by atoms with van der Waals surface area (Å²) in [6.45, 7) is 2.27. The Hall–Kier alpha value is -2.51. The summed E-state index contributed by atoms with van der Waals surface area (Å²) in [5.41, 5.74) is 2.63. The van der Waals surface area contributed by atoms with Gasteiger partial charge in [0.25, 0.3) is 0 Å². The van der Waals surface area contributed by atoms with Crippen LogP contribution in [-0.2, 0) is 10.0 Å². The molecular formula is C20H23N3O3S. The number of benzene rings is 2. The molecule has 0 aliphatic carbocycles. The first-order chi connectivity index (χ1) is 13.0. The number of nitrogens with one attached hydrogen (secondary N) is 1. The van der Waals surface area contributed by atoms with Gasteiger partial charge in [-0.2, -0.15) is 0 Å². The zero-order valence-electron chi connectivity index (χ0n) is 15.3. The number of rotatable bonds is 8. The molecule has 0 saturated heterocycles. The summed E-state index contributed by atoms with van der Waals surface area (Å²) in [4.78, 5) is 16.8. The van der Waals surface area contributed by atoms with Crippen LogP contribution in [0.2, 0.25) is 0 Å². The third kappa shape index (κ3) is 4.81. The number of carbonyl (C=O) groups excluding carboxylic acids is 1. The molecule has 1 N–H and O–H groups in total. The van der Waals surface area contributed by atoms with Gasteiger partial charge in [0.15, 0.2) is 0 Å². The summed E-state index contributed by atoms with van der Waals surface area (Å²) in [6, 6.07) is 14.3. The first-order valence-corrected chi connectivity index (χ1v) is 10.5. The molecule has 0 unspecified atom stereocenters. The number of sulfonamides is 1. The molecule has 142 valence electrons.